The maximum atomic E-state index is 12.5. The summed E-state index contributed by atoms with van der Waals surface area (Å²) in [6, 6.07) is 8.50. The zero-order valence-electron chi connectivity index (χ0n) is 11.4. The van der Waals surface area contributed by atoms with Crippen LogP contribution in [0.25, 0.3) is 0 Å². The summed E-state index contributed by atoms with van der Waals surface area (Å²) in [5.41, 5.74) is 2.07. The monoisotopic (exact) mass is 246 g/mol. The van der Waals surface area contributed by atoms with Crippen LogP contribution in [0.3, 0.4) is 0 Å². The molecule has 1 heterocycles. The number of carbonyl (C=O) groups is 1. The van der Waals surface area contributed by atoms with Gasteiger partial charge in [-0.25, -0.2) is 0 Å². The molecule has 18 heavy (non-hydrogen) atoms. The Morgan fingerprint density at radius 1 is 1.22 bits per heavy atom. The summed E-state index contributed by atoms with van der Waals surface area (Å²) in [4.78, 5) is 14.5. The van der Waals surface area contributed by atoms with Crippen molar-refractivity contribution in [1.29, 1.82) is 0 Å². The van der Waals surface area contributed by atoms with Gasteiger partial charge < -0.3 is 10.2 Å². The van der Waals surface area contributed by atoms with E-state index in [-0.39, 0.29) is 18.0 Å². The Labute approximate surface area is 109 Å². The minimum atomic E-state index is 0.152. The lowest BCUT2D eigenvalue weighted by Crippen LogP contribution is -2.57. The van der Waals surface area contributed by atoms with Crippen LogP contribution in [0.4, 0.5) is 0 Å². The largest absolute Gasteiger partial charge is 0.331 e. The molecule has 1 amide bonds. The topological polar surface area (TPSA) is 32.3 Å². The molecule has 1 aromatic carbocycles. The summed E-state index contributed by atoms with van der Waals surface area (Å²) in [6.45, 7) is 8.07. The van der Waals surface area contributed by atoms with E-state index in [0.717, 1.165) is 25.1 Å². The number of hydrogen-bond donors (Lipinski definition) is 1. The Bertz CT molecular complexity index is 403. The highest BCUT2D eigenvalue weighted by Crippen LogP contribution is 2.15. The molecule has 1 aliphatic heterocycles. The van der Waals surface area contributed by atoms with Crippen molar-refractivity contribution in [2.24, 2.45) is 0 Å². The molecule has 0 aromatic heterocycles. The summed E-state index contributed by atoms with van der Waals surface area (Å²) in [5.74, 6) is 0.152. The average Bonchev–Trinajstić information content (AvgIpc) is 2.38. The number of piperazine rings is 1. The molecule has 1 saturated heterocycles. The van der Waals surface area contributed by atoms with Gasteiger partial charge in [0.05, 0.1) is 0 Å². The molecule has 0 bridgehead atoms. The summed E-state index contributed by atoms with van der Waals surface area (Å²) in [5, 5.41) is 3.34. The molecule has 2 unspecified atom stereocenters. The number of nitrogens with one attached hydrogen (secondary N) is 1. The van der Waals surface area contributed by atoms with Crippen LogP contribution in [0.1, 0.15) is 36.7 Å². The minimum absolute atomic E-state index is 0.152. The second kappa shape index (κ2) is 5.53. The standard InChI is InChI=1S/C15H22N2O/c1-4-13-5-7-14(8-6-13)15(18)17-11(2)9-16-10-12(17)3/h5-8,11-12,16H,4,9-10H2,1-3H3. The fourth-order valence-corrected chi connectivity index (χ4v) is 2.56. The van der Waals surface area contributed by atoms with E-state index >= 15 is 0 Å². The number of nitrogens with zero attached hydrogens (tertiary/aromatic N) is 1. The summed E-state index contributed by atoms with van der Waals surface area (Å²) >= 11 is 0. The molecule has 2 rings (SSSR count). The molecular weight excluding hydrogens is 224 g/mol. The highest BCUT2D eigenvalue weighted by atomic mass is 16.2. The number of rotatable bonds is 2. The summed E-state index contributed by atoms with van der Waals surface area (Å²) < 4.78 is 0. The van der Waals surface area contributed by atoms with Gasteiger partial charge >= 0.3 is 0 Å². The first kappa shape index (κ1) is 13.1. The van der Waals surface area contributed by atoms with Gasteiger partial charge in [0.25, 0.3) is 5.91 Å². The molecule has 0 aliphatic carbocycles. The molecule has 1 aliphatic rings. The number of hydrogen-bond acceptors (Lipinski definition) is 2. The van der Waals surface area contributed by atoms with Gasteiger partial charge in [-0.2, -0.15) is 0 Å². The second-order valence-electron chi connectivity index (χ2n) is 5.12. The first-order valence-electron chi connectivity index (χ1n) is 6.75. The van der Waals surface area contributed by atoms with Crippen molar-refractivity contribution in [3.05, 3.63) is 35.4 Å². The van der Waals surface area contributed by atoms with E-state index in [0.29, 0.717) is 0 Å². The van der Waals surface area contributed by atoms with Crippen molar-refractivity contribution in [1.82, 2.24) is 10.2 Å². The summed E-state index contributed by atoms with van der Waals surface area (Å²) in [7, 11) is 0. The minimum Gasteiger partial charge on any atom is -0.331 e. The first-order valence-corrected chi connectivity index (χ1v) is 6.75. The van der Waals surface area contributed by atoms with E-state index in [9.17, 15) is 4.79 Å². The van der Waals surface area contributed by atoms with Crippen LogP contribution < -0.4 is 5.32 Å². The van der Waals surface area contributed by atoms with Gasteiger partial charge in [-0.15, -0.1) is 0 Å². The quantitative estimate of drug-likeness (QED) is 0.866. The normalized spacial score (nSPS) is 24.1. The van der Waals surface area contributed by atoms with Gasteiger partial charge in [-0.05, 0) is 38.0 Å². The third-order valence-electron chi connectivity index (χ3n) is 3.67. The molecular formula is C15H22N2O. The molecule has 0 saturated carbocycles. The van der Waals surface area contributed by atoms with Crippen LogP contribution in [-0.4, -0.2) is 36.0 Å². The van der Waals surface area contributed by atoms with Crippen LogP contribution in [0, 0.1) is 0 Å². The first-order chi connectivity index (χ1) is 8.63. The van der Waals surface area contributed by atoms with Crippen LogP contribution in [0.5, 0.6) is 0 Å². The van der Waals surface area contributed by atoms with E-state index in [1.54, 1.807) is 0 Å². The predicted octanol–water partition coefficient (Wildman–Crippen LogP) is 2.07. The predicted molar refractivity (Wildman–Crippen MR) is 73.8 cm³/mol. The molecule has 3 nitrogen and oxygen atoms in total. The van der Waals surface area contributed by atoms with Crippen LogP contribution in [0.2, 0.25) is 0 Å². The van der Waals surface area contributed by atoms with Crippen molar-refractivity contribution >= 4 is 5.91 Å². The van der Waals surface area contributed by atoms with Crippen molar-refractivity contribution in [3.8, 4) is 0 Å². The van der Waals surface area contributed by atoms with Gasteiger partial charge in [-0.3, -0.25) is 4.79 Å². The zero-order valence-corrected chi connectivity index (χ0v) is 11.4. The number of benzene rings is 1. The smallest absolute Gasteiger partial charge is 0.254 e. The van der Waals surface area contributed by atoms with Gasteiger partial charge in [0.1, 0.15) is 0 Å². The number of carbonyl (C=O) groups excluding carboxylic acids is 1. The Kier molecular flexibility index (Phi) is 4.02. The Balaban J connectivity index is 2.18. The molecule has 1 aromatic rings. The van der Waals surface area contributed by atoms with E-state index in [1.807, 2.05) is 29.2 Å². The zero-order chi connectivity index (χ0) is 13.1. The lowest BCUT2D eigenvalue weighted by molar-refractivity contribution is 0.0544. The van der Waals surface area contributed by atoms with Gasteiger partial charge in [-0.1, -0.05) is 19.1 Å². The van der Waals surface area contributed by atoms with Gasteiger partial charge in [0, 0.05) is 30.7 Å². The Morgan fingerprint density at radius 3 is 2.28 bits per heavy atom. The van der Waals surface area contributed by atoms with E-state index < -0.39 is 0 Å². The fourth-order valence-electron chi connectivity index (χ4n) is 2.56. The molecule has 0 spiro atoms. The van der Waals surface area contributed by atoms with E-state index in [2.05, 4.69) is 26.1 Å². The maximum absolute atomic E-state index is 12.5. The van der Waals surface area contributed by atoms with Gasteiger partial charge in [0.2, 0.25) is 0 Å². The van der Waals surface area contributed by atoms with Crippen LogP contribution in [-0.2, 0) is 6.42 Å². The van der Waals surface area contributed by atoms with Crippen LogP contribution >= 0.6 is 0 Å². The SMILES string of the molecule is CCc1ccc(C(=O)N2C(C)CNCC2C)cc1. The molecule has 98 valence electrons. The molecule has 2 atom stereocenters. The third-order valence-corrected chi connectivity index (χ3v) is 3.67. The van der Waals surface area contributed by atoms with Crippen molar-refractivity contribution in [2.75, 3.05) is 13.1 Å². The molecule has 0 radical (unpaired) electrons. The summed E-state index contributed by atoms with van der Waals surface area (Å²) in [6.07, 6.45) is 1.01. The fraction of sp³-hybridized carbons (Fsp3) is 0.533. The van der Waals surface area contributed by atoms with E-state index in [1.165, 1.54) is 5.56 Å². The average molecular weight is 246 g/mol. The Hall–Kier alpha value is -1.35. The lowest BCUT2D eigenvalue weighted by Gasteiger charge is -2.39. The van der Waals surface area contributed by atoms with Crippen molar-refractivity contribution < 1.29 is 4.79 Å². The maximum Gasteiger partial charge on any atom is 0.254 e. The Morgan fingerprint density at radius 2 is 1.78 bits per heavy atom. The van der Waals surface area contributed by atoms with E-state index in [4.69, 9.17) is 0 Å². The molecule has 1 N–H and O–H groups in total. The number of aryl methyl sites for hydroxylation is 1. The molecule has 1 fully saturated rings. The third kappa shape index (κ3) is 2.56. The second-order valence-corrected chi connectivity index (χ2v) is 5.12. The lowest BCUT2D eigenvalue weighted by atomic mass is 10.1. The highest BCUT2D eigenvalue weighted by molar-refractivity contribution is 5.94. The van der Waals surface area contributed by atoms with Crippen molar-refractivity contribution in [2.45, 2.75) is 39.3 Å². The van der Waals surface area contributed by atoms with Gasteiger partial charge in [0.15, 0.2) is 0 Å². The molecule has 3 heteroatoms. The van der Waals surface area contributed by atoms with Crippen molar-refractivity contribution in [3.63, 3.8) is 0 Å². The number of amides is 1. The van der Waals surface area contributed by atoms with Crippen LogP contribution in [0.15, 0.2) is 24.3 Å². The highest BCUT2D eigenvalue weighted by Gasteiger charge is 2.29.